The van der Waals surface area contributed by atoms with Gasteiger partial charge in [-0.25, -0.2) is 0 Å². The smallest absolute Gasteiger partial charge is 0.284 e. The van der Waals surface area contributed by atoms with Gasteiger partial charge >= 0.3 is 0 Å². The first-order chi connectivity index (χ1) is 8.70. The van der Waals surface area contributed by atoms with Gasteiger partial charge in [0.15, 0.2) is 0 Å². The van der Waals surface area contributed by atoms with Crippen LogP contribution in [0.3, 0.4) is 0 Å². The Morgan fingerprint density at radius 3 is 3.06 bits per heavy atom. The van der Waals surface area contributed by atoms with E-state index in [0.717, 1.165) is 43.5 Å². The predicted octanol–water partition coefficient (Wildman–Crippen LogP) is 2.23. The average molecular weight is 268 g/mol. The van der Waals surface area contributed by atoms with E-state index in [0.29, 0.717) is 5.01 Å². The van der Waals surface area contributed by atoms with Gasteiger partial charge in [-0.15, -0.1) is 10.2 Å². The molecule has 0 saturated carbocycles. The normalized spacial score (nSPS) is 20.6. The molecule has 1 N–H and O–H groups in total. The van der Waals surface area contributed by atoms with Crippen molar-refractivity contribution in [3.8, 4) is 0 Å². The van der Waals surface area contributed by atoms with Crippen molar-refractivity contribution in [2.24, 2.45) is 5.92 Å². The summed E-state index contributed by atoms with van der Waals surface area (Å²) in [5.74, 6) is 0.750. The molecule has 18 heavy (non-hydrogen) atoms. The van der Waals surface area contributed by atoms with Crippen molar-refractivity contribution in [1.29, 1.82) is 0 Å². The van der Waals surface area contributed by atoms with Crippen LogP contribution < -0.4 is 5.32 Å². The molecular formula is C12H20N4OS. The molecule has 1 aliphatic rings. The van der Waals surface area contributed by atoms with E-state index in [4.69, 9.17) is 0 Å². The molecule has 0 bridgehead atoms. The van der Waals surface area contributed by atoms with Crippen LogP contribution in [0, 0.1) is 5.92 Å². The summed E-state index contributed by atoms with van der Waals surface area (Å²) in [6, 6.07) is 0. The van der Waals surface area contributed by atoms with Crippen LogP contribution in [0.15, 0.2) is 0 Å². The Labute approximate surface area is 112 Å². The number of hydrogen-bond acceptors (Lipinski definition) is 5. The van der Waals surface area contributed by atoms with E-state index in [2.05, 4.69) is 22.4 Å². The minimum Gasteiger partial charge on any atom is -0.360 e. The lowest BCUT2D eigenvalue weighted by atomic mass is 10.0. The second-order valence-corrected chi connectivity index (χ2v) is 5.75. The first-order valence-electron chi connectivity index (χ1n) is 6.57. The number of amides is 1. The third-order valence-corrected chi connectivity index (χ3v) is 4.11. The molecule has 2 rings (SSSR count). The highest BCUT2D eigenvalue weighted by atomic mass is 32.1. The van der Waals surface area contributed by atoms with Crippen molar-refractivity contribution < 1.29 is 4.79 Å². The summed E-state index contributed by atoms with van der Waals surface area (Å²) in [5.41, 5.74) is 0. The monoisotopic (exact) mass is 268 g/mol. The molecule has 1 atom stereocenters. The van der Waals surface area contributed by atoms with Crippen LogP contribution in [-0.2, 0) is 0 Å². The number of nitrogens with zero attached hydrogens (tertiary/aromatic N) is 3. The first kappa shape index (κ1) is 13.3. The average Bonchev–Trinajstić information content (AvgIpc) is 2.71. The van der Waals surface area contributed by atoms with Gasteiger partial charge in [-0.2, -0.15) is 0 Å². The molecule has 1 amide bonds. The van der Waals surface area contributed by atoms with Gasteiger partial charge in [-0.1, -0.05) is 18.3 Å². The van der Waals surface area contributed by atoms with Crippen LogP contribution in [0.25, 0.3) is 0 Å². The molecule has 0 radical (unpaired) electrons. The highest BCUT2D eigenvalue weighted by Gasteiger charge is 2.22. The van der Waals surface area contributed by atoms with Crippen LogP contribution in [0.1, 0.15) is 42.9 Å². The molecule has 1 aromatic heterocycles. The van der Waals surface area contributed by atoms with Crippen molar-refractivity contribution >= 4 is 22.4 Å². The third kappa shape index (κ3) is 3.19. The molecule has 100 valence electrons. The van der Waals surface area contributed by atoms with E-state index in [1.165, 1.54) is 17.8 Å². The molecule has 1 aliphatic heterocycles. The number of anilines is 1. The van der Waals surface area contributed by atoms with Crippen LogP contribution in [0.4, 0.5) is 5.13 Å². The van der Waals surface area contributed by atoms with Crippen molar-refractivity contribution in [3.63, 3.8) is 0 Å². The zero-order valence-corrected chi connectivity index (χ0v) is 11.8. The second kappa shape index (κ2) is 6.13. The van der Waals surface area contributed by atoms with Gasteiger partial charge in [0.05, 0.1) is 0 Å². The minimum absolute atomic E-state index is 0.0331. The Morgan fingerprint density at radius 1 is 1.44 bits per heavy atom. The Hall–Kier alpha value is -1.17. The van der Waals surface area contributed by atoms with Gasteiger partial charge in [0.1, 0.15) is 0 Å². The van der Waals surface area contributed by atoms with Crippen molar-refractivity contribution in [2.75, 3.05) is 25.0 Å². The fourth-order valence-corrected chi connectivity index (χ4v) is 2.91. The number of carbonyl (C=O) groups is 1. The van der Waals surface area contributed by atoms with E-state index in [1.54, 1.807) is 0 Å². The van der Waals surface area contributed by atoms with Crippen LogP contribution >= 0.6 is 11.3 Å². The minimum atomic E-state index is 0.0331. The van der Waals surface area contributed by atoms with Gasteiger partial charge in [-0.05, 0) is 32.1 Å². The predicted molar refractivity (Wildman–Crippen MR) is 73.0 cm³/mol. The maximum Gasteiger partial charge on any atom is 0.284 e. The quantitative estimate of drug-likeness (QED) is 0.913. The maximum absolute atomic E-state index is 12.3. The summed E-state index contributed by atoms with van der Waals surface area (Å²) in [6.45, 7) is 6.74. The summed E-state index contributed by atoms with van der Waals surface area (Å²) in [6.07, 6.45) is 3.39. The van der Waals surface area contributed by atoms with Crippen LogP contribution in [-0.4, -0.2) is 40.6 Å². The number of aromatic nitrogens is 2. The lowest BCUT2D eigenvalue weighted by molar-refractivity contribution is 0.0759. The molecule has 5 nitrogen and oxygen atoms in total. The molecule has 1 fully saturated rings. The fraction of sp³-hybridized carbons (Fsp3) is 0.750. The molecule has 1 unspecified atom stereocenters. The molecule has 2 heterocycles. The molecule has 0 aromatic carbocycles. The number of nitrogens with one attached hydrogen (secondary N) is 1. The maximum atomic E-state index is 12.3. The molecular weight excluding hydrogens is 248 g/mol. The van der Waals surface area contributed by atoms with E-state index >= 15 is 0 Å². The Bertz CT molecular complexity index is 407. The van der Waals surface area contributed by atoms with Gasteiger partial charge in [0.2, 0.25) is 10.1 Å². The van der Waals surface area contributed by atoms with Gasteiger partial charge in [-0.3, -0.25) is 4.79 Å². The fourth-order valence-electron chi connectivity index (χ4n) is 2.13. The number of hydrogen-bond donors (Lipinski definition) is 1. The van der Waals surface area contributed by atoms with Crippen LogP contribution in [0.5, 0.6) is 0 Å². The highest BCUT2D eigenvalue weighted by Crippen LogP contribution is 2.21. The summed E-state index contributed by atoms with van der Waals surface area (Å²) in [5, 5.41) is 12.3. The van der Waals surface area contributed by atoms with Gasteiger partial charge < -0.3 is 10.2 Å². The Kier molecular flexibility index (Phi) is 4.52. The summed E-state index contributed by atoms with van der Waals surface area (Å²) < 4.78 is 0. The largest absolute Gasteiger partial charge is 0.360 e. The van der Waals surface area contributed by atoms with Crippen molar-refractivity contribution in [1.82, 2.24) is 15.1 Å². The van der Waals surface area contributed by atoms with E-state index in [9.17, 15) is 4.79 Å². The lowest BCUT2D eigenvalue weighted by Crippen LogP contribution is -2.31. The first-order valence-corrected chi connectivity index (χ1v) is 7.39. The summed E-state index contributed by atoms with van der Waals surface area (Å²) >= 11 is 1.34. The molecule has 0 spiro atoms. The highest BCUT2D eigenvalue weighted by molar-refractivity contribution is 7.17. The van der Waals surface area contributed by atoms with Gasteiger partial charge in [0.25, 0.3) is 5.91 Å². The summed E-state index contributed by atoms with van der Waals surface area (Å²) in [7, 11) is 0. The van der Waals surface area contributed by atoms with E-state index in [-0.39, 0.29) is 5.91 Å². The van der Waals surface area contributed by atoms with Gasteiger partial charge in [0, 0.05) is 19.6 Å². The summed E-state index contributed by atoms with van der Waals surface area (Å²) in [4.78, 5) is 14.2. The van der Waals surface area contributed by atoms with Crippen molar-refractivity contribution in [2.45, 2.75) is 33.1 Å². The number of likely N-dealkylation sites (tertiary alicyclic amines) is 1. The third-order valence-electron chi connectivity index (χ3n) is 3.24. The van der Waals surface area contributed by atoms with E-state index < -0.39 is 0 Å². The van der Waals surface area contributed by atoms with Crippen molar-refractivity contribution in [3.05, 3.63) is 5.01 Å². The molecule has 6 heteroatoms. The zero-order valence-electron chi connectivity index (χ0n) is 11.0. The van der Waals surface area contributed by atoms with E-state index in [1.807, 2.05) is 11.8 Å². The lowest BCUT2D eigenvalue weighted by Gasteiger charge is -2.18. The molecule has 1 saturated heterocycles. The standard InChI is InChI=1S/C12H20N4OS/c1-3-13-12-15-14-10(18-12)11(17)16-7-4-5-9(2)6-8-16/h9H,3-8H2,1-2H3,(H,13,15). The Morgan fingerprint density at radius 2 is 2.28 bits per heavy atom. The Balaban J connectivity index is 2.00. The van der Waals surface area contributed by atoms with Crippen LogP contribution in [0.2, 0.25) is 0 Å². The number of rotatable bonds is 3. The second-order valence-electron chi connectivity index (χ2n) is 4.77. The zero-order chi connectivity index (χ0) is 13.0. The topological polar surface area (TPSA) is 58.1 Å². The molecule has 1 aromatic rings. The molecule has 0 aliphatic carbocycles. The SMILES string of the molecule is CCNc1nnc(C(=O)N2CCCC(C)CC2)s1. The number of carbonyl (C=O) groups excluding carboxylic acids is 1.